The van der Waals surface area contributed by atoms with E-state index in [-0.39, 0.29) is 0 Å². The van der Waals surface area contributed by atoms with Crippen LogP contribution in [0.1, 0.15) is 38.4 Å². The van der Waals surface area contributed by atoms with E-state index in [0.29, 0.717) is 16.8 Å². The Morgan fingerprint density at radius 2 is 2.06 bits per heavy atom. The predicted octanol–water partition coefficient (Wildman–Crippen LogP) is 3.11. The summed E-state index contributed by atoms with van der Waals surface area (Å²) in [6, 6.07) is 5.81. The van der Waals surface area contributed by atoms with Gasteiger partial charge in [-0.2, -0.15) is 5.26 Å². The maximum atomic E-state index is 8.94. The van der Waals surface area contributed by atoms with E-state index >= 15 is 0 Å². The first kappa shape index (κ1) is 12.5. The summed E-state index contributed by atoms with van der Waals surface area (Å²) in [4.78, 5) is 4.33. The lowest BCUT2D eigenvalue weighted by Crippen LogP contribution is -2.14. The number of hydrogen-bond donors (Lipinski definition) is 1. The molecular weight excluding hydrogens is 198 g/mol. The summed E-state index contributed by atoms with van der Waals surface area (Å²) in [6.45, 7) is 9.36. The first-order chi connectivity index (χ1) is 7.42. The molecule has 86 valence electrons. The number of rotatable bonds is 3. The Labute approximate surface area is 97.5 Å². The van der Waals surface area contributed by atoms with E-state index in [1.165, 1.54) is 0 Å². The SMILES string of the molecule is Cc1ccc(C#N)c(NCCC(C)(C)C)n1. The molecular formula is C13H19N3. The maximum absolute atomic E-state index is 8.94. The molecule has 0 radical (unpaired) electrons. The van der Waals surface area contributed by atoms with Gasteiger partial charge in [-0.3, -0.25) is 0 Å². The minimum atomic E-state index is 0.295. The van der Waals surface area contributed by atoms with E-state index < -0.39 is 0 Å². The van der Waals surface area contributed by atoms with Gasteiger partial charge in [0.05, 0.1) is 5.56 Å². The van der Waals surface area contributed by atoms with Gasteiger partial charge in [0.15, 0.2) is 0 Å². The summed E-state index contributed by atoms with van der Waals surface area (Å²) in [5.74, 6) is 0.701. The first-order valence-electron chi connectivity index (χ1n) is 5.54. The van der Waals surface area contributed by atoms with Crippen LogP contribution < -0.4 is 5.32 Å². The van der Waals surface area contributed by atoms with Gasteiger partial charge in [0, 0.05) is 12.2 Å². The molecule has 0 saturated carbocycles. The number of nitrogens with one attached hydrogen (secondary N) is 1. The van der Waals surface area contributed by atoms with E-state index in [9.17, 15) is 0 Å². The fraction of sp³-hybridized carbons (Fsp3) is 0.538. The molecule has 0 aliphatic heterocycles. The molecule has 0 aliphatic carbocycles. The molecule has 0 fully saturated rings. The van der Waals surface area contributed by atoms with Gasteiger partial charge in [-0.25, -0.2) is 4.98 Å². The highest BCUT2D eigenvalue weighted by molar-refractivity contribution is 5.52. The molecule has 1 N–H and O–H groups in total. The van der Waals surface area contributed by atoms with Crippen LogP contribution in [0.4, 0.5) is 5.82 Å². The Kier molecular flexibility index (Phi) is 3.89. The van der Waals surface area contributed by atoms with Gasteiger partial charge < -0.3 is 5.32 Å². The Balaban J connectivity index is 2.67. The van der Waals surface area contributed by atoms with Crippen LogP contribution in [-0.4, -0.2) is 11.5 Å². The fourth-order valence-electron chi connectivity index (χ4n) is 1.34. The average Bonchev–Trinajstić information content (AvgIpc) is 2.16. The molecule has 0 amide bonds. The average molecular weight is 217 g/mol. The van der Waals surface area contributed by atoms with Crippen LogP contribution in [0.3, 0.4) is 0 Å². The van der Waals surface area contributed by atoms with Crippen LogP contribution in [-0.2, 0) is 0 Å². The highest BCUT2D eigenvalue weighted by atomic mass is 15.0. The number of nitriles is 1. The van der Waals surface area contributed by atoms with E-state index in [1.54, 1.807) is 0 Å². The number of aryl methyl sites for hydroxylation is 1. The Bertz CT molecular complexity index is 397. The molecule has 1 heterocycles. The molecule has 3 nitrogen and oxygen atoms in total. The largest absolute Gasteiger partial charge is 0.369 e. The second kappa shape index (κ2) is 4.98. The van der Waals surface area contributed by atoms with Gasteiger partial charge in [0.25, 0.3) is 0 Å². The van der Waals surface area contributed by atoms with Crippen molar-refractivity contribution in [3.8, 4) is 6.07 Å². The van der Waals surface area contributed by atoms with Crippen molar-refractivity contribution in [1.29, 1.82) is 5.26 Å². The lowest BCUT2D eigenvalue weighted by Gasteiger charge is -2.18. The predicted molar refractivity (Wildman–Crippen MR) is 66.3 cm³/mol. The van der Waals surface area contributed by atoms with Crippen molar-refractivity contribution in [2.75, 3.05) is 11.9 Å². The third kappa shape index (κ3) is 3.90. The van der Waals surface area contributed by atoms with Crippen molar-refractivity contribution in [1.82, 2.24) is 4.98 Å². The third-order valence-corrected chi connectivity index (χ3v) is 2.32. The topological polar surface area (TPSA) is 48.7 Å². The maximum Gasteiger partial charge on any atom is 0.144 e. The minimum Gasteiger partial charge on any atom is -0.369 e. The molecule has 0 bridgehead atoms. The summed E-state index contributed by atoms with van der Waals surface area (Å²) < 4.78 is 0. The van der Waals surface area contributed by atoms with Crippen molar-refractivity contribution in [3.05, 3.63) is 23.4 Å². The van der Waals surface area contributed by atoms with Crippen LogP contribution in [0.15, 0.2) is 12.1 Å². The number of anilines is 1. The fourth-order valence-corrected chi connectivity index (χ4v) is 1.34. The van der Waals surface area contributed by atoms with Gasteiger partial charge >= 0.3 is 0 Å². The zero-order chi connectivity index (χ0) is 12.2. The Morgan fingerprint density at radius 1 is 1.38 bits per heavy atom. The van der Waals surface area contributed by atoms with E-state index in [0.717, 1.165) is 18.7 Å². The summed E-state index contributed by atoms with van der Waals surface area (Å²) in [5, 5.41) is 12.2. The van der Waals surface area contributed by atoms with Crippen molar-refractivity contribution in [2.45, 2.75) is 34.1 Å². The molecule has 1 aromatic heterocycles. The van der Waals surface area contributed by atoms with Crippen LogP contribution >= 0.6 is 0 Å². The molecule has 3 heteroatoms. The lowest BCUT2D eigenvalue weighted by atomic mass is 9.92. The number of hydrogen-bond acceptors (Lipinski definition) is 3. The standard InChI is InChI=1S/C13H19N3/c1-10-5-6-11(9-14)12(16-10)15-8-7-13(2,3)4/h5-6H,7-8H2,1-4H3,(H,15,16). The zero-order valence-corrected chi connectivity index (χ0v) is 10.5. The van der Waals surface area contributed by atoms with E-state index in [1.807, 2.05) is 19.1 Å². The number of aromatic nitrogens is 1. The highest BCUT2D eigenvalue weighted by Crippen LogP contribution is 2.19. The summed E-state index contributed by atoms with van der Waals surface area (Å²) in [7, 11) is 0. The molecule has 0 atom stereocenters. The van der Waals surface area contributed by atoms with Crippen molar-refractivity contribution < 1.29 is 0 Å². The van der Waals surface area contributed by atoms with Gasteiger partial charge in [0.1, 0.15) is 11.9 Å². The monoisotopic (exact) mass is 217 g/mol. The molecule has 0 unspecified atom stereocenters. The van der Waals surface area contributed by atoms with Gasteiger partial charge in [0.2, 0.25) is 0 Å². The lowest BCUT2D eigenvalue weighted by molar-refractivity contribution is 0.389. The molecule has 0 aromatic carbocycles. The molecule has 16 heavy (non-hydrogen) atoms. The van der Waals surface area contributed by atoms with Gasteiger partial charge in [-0.05, 0) is 30.9 Å². The molecule has 1 rings (SSSR count). The quantitative estimate of drug-likeness (QED) is 0.846. The summed E-state index contributed by atoms with van der Waals surface area (Å²) >= 11 is 0. The van der Waals surface area contributed by atoms with E-state index in [4.69, 9.17) is 5.26 Å². The van der Waals surface area contributed by atoms with Crippen molar-refractivity contribution in [2.24, 2.45) is 5.41 Å². The summed E-state index contributed by atoms with van der Waals surface area (Å²) in [6.07, 6.45) is 1.05. The third-order valence-electron chi connectivity index (χ3n) is 2.32. The van der Waals surface area contributed by atoms with Crippen LogP contribution in [0, 0.1) is 23.7 Å². The normalized spacial score (nSPS) is 10.9. The van der Waals surface area contributed by atoms with Gasteiger partial charge in [-0.15, -0.1) is 0 Å². The van der Waals surface area contributed by atoms with E-state index in [2.05, 4.69) is 37.1 Å². The van der Waals surface area contributed by atoms with Crippen molar-refractivity contribution in [3.63, 3.8) is 0 Å². The van der Waals surface area contributed by atoms with Crippen LogP contribution in [0.25, 0.3) is 0 Å². The number of nitrogens with zero attached hydrogens (tertiary/aromatic N) is 2. The number of pyridine rings is 1. The Hall–Kier alpha value is -1.56. The zero-order valence-electron chi connectivity index (χ0n) is 10.5. The van der Waals surface area contributed by atoms with Crippen LogP contribution in [0.2, 0.25) is 0 Å². The van der Waals surface area contributed by atoms with Gasteiger partial charge in [-0.1, -0.05) is 20.8 Å². The molecule has 0 saturated heterocycles. The molecule has 1 aromatic rings. The summed E-state index contributed by atoms with van der Waals surface area (Å²) in [5.41, 5.74) is 1.83. The molecule has 0 spiro atoms. The smallest absolute Gasteiger partial charge is 0.144 e. The van der Waals surface area contributed by atoms with Crippen molar-refractivity contribution >= 4 is 5.82 Å². The Morgan fingerprint density at radius 3 is 2.62 bits per heavy atom. The molecule has 0 aliphatic rings. The second-order valence-corrected chi connectivity index (χ2v) is 5.20. The highest BCUT2D eigenvalue weighted by Gasteiger charge is 2.10. The second-order valence-electron chi connectivity index (χ2n) is 5.20. The minimum absolute atomic E-state index is 0.295. The first-order valence-corrected chi connectivity index (χ1v) is 5.54. The van der Waals surface area contributed by atoms with Crippen LogP contribution in [0.5, 0.6) is 0 Å².